The molecule has 596 valence electrons. The van der Waals surface area contributed by atoms with E-state index in [9.17, 15) is 43.2 Å². The molecule has 0 heterocycles. The molecule has 0 saturated heterocycles. The molecular formula is C83H152O17P2. The van der Waals surface area contributed by atoms with E-state index >= 15 is 0 Å². The number of phosphoric ester groups is 2. The van der Waals surface area contributed by atoms with Crippen LogP contribution in [0, 0.1) is 0 Å². The Balaban J connectivity index is 5.37. The lowest BCUT2D eigenvalue weighted by Crippen LogP contribution is -2.30. The predicted molar refractivity (Wildman–Crippen MR) is 418 cm³/mol. The van der Waals surface area contributed by atoms with Crippen molar-refractivity contribution in [2.75, 3.05) is 39.6 Å². The van der Waals surface area contributed by atoms with Crippen molar-refractivity contribution in [3.05, 3.63) is 60.8 Å². The summed E-state index contributed by atoms with van der Waals surface area (Å²) in [6, 6.07) is 0. The first-order chi connectivity index (χ1) is 49.7. The number of hydrogen-bond donors (Lipinski definition) is 3. The third-order valence-electron chi connectivity index (χ3n) is 18.0. The summed E-state index contributed by atoms with van der Waals surface area (Å²) in [5.41, 5.74) is 0. The van der Waals surface area contributed by atoms with E-state index in [1.165, 1.54) is 199 Å². The minimum atomic E-state index is -4.99. The minimum absolute atomic E-state index is 0.0244. The van der Waals surface area contributed by atoms with Gasteiger partial charge >= 0.3 is 39.5 Å². The quantitative estimate of drug-likeness (QED) is 0.0169. The first kappa shape index (κ1) is 98.8. The zero-order valence-electron chi connectivity index (χ0n) is 65.3. The van der Waals surface area contributed by atoms with Gasteiger partial charge in [0, 0.05) is 25.7 Å². The van der Waals surface area contributed by atoms with Crippen LogP contribution in [-0.4, -0.2) is 96.7 Å². The molecule has 0 saturated carbocycles. The Morgan fingerprint density at radius 2 is 0.490 bits per heavy atom. The number of ether oxygens (including phenoxy) is 4. The van der Waals surface area contributed by atoms with E-state index in [0.29, 0.717) is 32.1 Å². The minimum Gasteiger partial charge on any atom is -0.462 e. The Hall–Kier alpha value is -3.24. The maximum atomic E-state index is 13.1. The molecule has 0 rings (SSSR count). The van der Waals surface area contributed by atoms with Gasteiger partial charge in [0.25, 0.3) is 0 Å². The number of carbonyl (C=O) groups is 4. The molecule has 0 aliphatic heterocycles. The average Bonchev–Trinajstić information content (AvgIpc) is 0.917. The SMILES string of the molecule is CCCCC/C=C\C/C=C\C/C=C\C/C=C\CCCC(=O)O[C@H](COC(=O)CCCCCCCCCCCCCCCCCCC)COP(=O)(O)OC[C@@H](O)COP(=O)(O)OC[C@@H](COC(=O)CCCCCCCCCCCCCCC)OC(=O)CCCCCCC/C=C\CCCCCCCC. The van der Waals surface area contributed by atoms with Gasteiger partial charge in [-0.05, 0) is 89.9 Å². The van der Waals surface area contributed by atoms with Gasteiger partial charge in [0.15, 0.2) is 12.2 Å². The molecule has 0 aliphatic rings. The number of esters is 4. The summed E-state index contributed by atoms with van der Waals surface area (Å²) in [5.74, 6) is -2.21. The maximum absolute atomic E-state index is 13.1. The Labute approximate surface area is 622 Å². The molecule has 17 nitrogen and oxygen atoms in total. The zero-order valence-corrected chi connectivity index (χ0v) is 67.1. The van der Waals surface area contributed by atoms with Crippen LogP contribution in [0.1, 0.15) is 387 Å². The van der Waals surface area contributed by atoms with E-state index in [1.54, 1.807) is 0 Å². The van der Waals surface area contributed by atoms with E-state index in [4.69, 9.17) is 37.0 Å². The van der Waals surface area contributed by atoms with Gasteiger partial charge in [-0.15, -0.1) is 0 Å². The van der Waals surface area contributed by atoms with Crippen LogP contribution in [-0.2, 0) is 65.4 Å². The van der Waals surface area contributed by atoms with Gasteiger partial charge in [-0.25, -0.2) is 9.13 Å². The molecule has 0 bridgehead atoms. The number of aliphatic hydroxyl groups is 1. The third kappa shape index (κ3) is 75.0. The molecule has 5 atom stereocenters. The fourth-order valence-electron chi connectivity index (χ4n) is 11.6. The van der Waals surface area contributed by atoms with Crippen LogP contribution in [0.25, 0.3) is 0 Å². The highest BCUT2D eigenvalue weighted by atomic mass is 31.2. The van der Waals surface area contributed by atoms with Gasteiger partial charge in [0.05, 0.1) is 26.4 Å². The number of phosphoric acid groups is 2. The molecule has 0 fully saturated rings. The van der Waals surface area contributed by atoms with Crippen molar-refractivity contribution in [3.8, 4) is 0 Å². The highest BCUT2D eigenvalue weighted by Crippen LogP contribution is 2.45. The number of carbonyl (C=O) groups excluding carboxylic acids is 4. The van der Waals surface area contributed by atoms with Gasteiger partial charge in [0.1, 0.15) is 19.3 Å². The normalized spacial score (nSPS) is 14.1. The lowest BCUT2D eigenvalue weighted by atomic mass is 10.0. The van der Waals surface area contributed by atoms with Gasteiger partial charge in [-0.3, -0.25) is 37.3 Å². The number of rotatable bonds is 79. The van der Waals surface area contributed by atoms with Crippen LogP contribution in [0.3, 0.4) is 0 Å². The second kappa shape index (κ2) is 76.0. The summed E-state index contributed by atoms with van der Waals surface area (Å²) in [6.45, 7) is 4.86. The molecule has 0 aromatic rings. The summed E-state index contributed by atoms with van der Waals surface area (Å²) in [5, 5.41) is 10.6. The summed E-state index contributed by atoms with van der Waals surface area (Å²) in [6.07, 6.45) is 76.3. The van der Waals surface area contributed by atoms with Crippen LogP contribution in [0.5, 0.6) is 0 Å². The third-order valence-corrected chi connectivity index (χ3v) is 19.9. The van der Waals surface area contributed by atoms with Crippen LogP contribution in [0.2, 0.25) is 0 Å². The first-order valence-corrected chi connectivity index (χ1v) is 44.5. The van der Waals surface area contributed by atoms with Crippen molar-refractivity contribution >= 4 is 39.5 Å². The Bertz CT molecular complexity index is 2170. The molecular weight excluding hydrogens is 1330 g/mol. The second-order valence-corrected chi connectivity index (χ2v) is 31.0. The summed E-state index contributed by atoms with van der Waals surface area (Å²) >= 11 is 0. The molecule has 0 spiro atoms. The van der Waals surface area contributed by atoms with Crippen molar-refractivity contribution in [1.29, 1.82) is 0 Å². The summed E-state index contributed by atoms with van der Waals surface area (Å²) < 4.78 is 68.6. The molecule has 0 aliphatic carbocycles. The molecule has 19 heteroatoms. The number of unbranched alkanes of at least 4 members (excludes halogenated alkanes) is 43. The van der Waals surface area contributed by atoms with Gasteiger partial charge < -0.3 is 33.8 Å². The first-order valence-electron chi connectivity index (χ1n) is 41.5. The van der Waals surface area contributed by atoms with Crippen LogP contribution >= 0.6 is 15.6 Å². The Kier molecular flexibility index (Phi) is 73.6. The van der Waals surface area contributed by atoms with Crippen molar-refractivity contribution in [2.45, 2.75) is 406 Å². The lowest BCUT2D eigenvalue weighted by molar-refractivity contribution is -0.161. The monoisotopic (exact) mass is 1480 g/mol. The van der Waals surface area contributed by atoms with Gasteiger partial charge in [-0.2, -0.15) is 0 Å². The maximum Gasteiger partial charge on any atom is 0.472 e. The topological polar surface area (TPSA) is 237 Å². The summed E-state index contributed by atoms with van der Waals surface area (Å²) in [4.78, 5) is 73.0. The number of aliphatic hydroxyl groups excluding tert-OH is 1. The van der Waals surface area contributed by atoms with E-state index < -0.39 is 97.5 Å². The molecule has 102 heavy (non-hydrogen) atoms. The molecule has 0 aromatic heterocycles. The van der Waals surface area contributed by atoms with E-state index in [1.807, 2.05) is 12.2 Å². The molecule has 3 N–H and O–H groups in total. The molecule has 0 amide bonds. The highest BCUT2D eigenvalue weighted by molar-refractivity contribution is 7.47. The van der Waals surface area contributed by atoms with Crippen molar-refractivity contribution in [3.63, 3.8) is 0 Å². The van der Waals surface area contributed by atoms with Crippen LogP contribution in [0.4, 0.5) is 0 Å². The molecule has 0 aromatic carbocycles. The predicted octanol–water partition coefficient (Wildman–Crippen LogP) is 24.2. The fourth-order valence-corrected chi connectivity index (χ4v) is 13.2. The molecule has 2 unspecified atom stereocenters. The Morgan fingerprint density at radius 3 is 0.804 bits per heavy atom. The zero-order chi connectivity index (χ0) is 74.6. The standard InChI is InChI=1S/C83H152O17P2/c1-5-9-13-17-21-25-29-33-36-38-41-44-48-52-56-60-64-68-81(86)94-74-79(100-83(88)70-66-62-58-54-50-46-42-39-37-34-30-26-22-18-14-10-6-2)76-98-102(91,92)96-72-77(84)71-95-101(89,90)97-75-78(73-93-80(85)67-63-59-55-51-47-43-32-28-24-20-16-12-8-4)99-82(87)69-65-61-57-53-49-45-40-35-31-27-23-19-15-11-7-3/h22,26,34-35,37,40,42,46,54,58,77-79,84H,5-21,23-25,27-33,36,38-39,41,43-45,47-53,55-57,59-76H2,1-4H3,(H,89,90)(H,91,92)/b26-22-,37-34-,40-35-,46-42-,58-54-/t77-,78+,79+/m0/s1. The number of hydrogen-bond acceptors (Lipinski definition) is 15. The van der Waals surface area contributed by atoms with Gasteiger partial charge in [-0.1, -0.05) is 332 Å². The van der Waals surface area contributed by atoms with E-state index in [2.05, 4.69) is 76.3 Å². The number of allylic oxidation sites excluding steroid dienone is 10. The summed E-state index contributed by atoms with van der Waals surface area (Å²) in [7, 11) is -9.96. The molecule has 0 radical (unpaired) electrons. The van der Waals surface area contributed by atoms with Gasteiger partial charge in [0.2, 0.25) is 0 Å². The van der Waals surface area contributed by atoms with Crippen molar-refractivity contribution < 1.29 is 80.2 Å². The largest absolute Gasteiger partial charge is 0.472 e. The second-order valence-electron chi connectivity index (χ2n) is 28.1. The van der Waals surface area contributed by atoms with Crippen molar-refractivity contribution in [2.24, 2.45) is 0 Å². The smallest absolute Gasteiger partial charge is 0.462 e. The lowest BCUT2D eigenvalue weighted by Gasteiger charge is -2.21. The highest BCUT2D eigenvalue weighted by Gasteiger charge is 2.30. The Morgan fingerprint density at radius 1 is 0.275 bits per heavy atom. The van der Waals surface area contributed by atoms with Crippen molar-refractivity contribution in [1.82, 2.24) is 0 Å². The fraction of sp³-hybridized carbons (Fsp3) is 0.831. The average molecular weight is 1480 g/mol. The van der Waals surface area contributed by atoms with Crippen LogP contribution in [0.15, 0.2) is 60.8 Å². The van der Waals surface area contributed by atoms with E-state index in [0.717, 1.165) is 103 Å². The van der Waals surface area contributed by atoms with Crippen LogP contribution < -0.4 is 0 Å². The van der Waals surface area contributed by atoms with E-state index in [-0.39, 0.29) is 25.7 Å².